The van der Waals surface area contributed by atoms with E-state index in [2.05, 4.69) is 4.74 Å². The highest BCUT2D eigenvalue weighted by Crippen LogP contribution is 2.26. The number of hydrogen-bond donors (Lipinski definition) is 0. The molecule has 0 saturated heterocycles. The fourth-order valence-electron chi connectivity index (χ4n) is 1.59. The summed E-state index contributed by atoms with van der Waals surface area (Å²) in [6.07, 6.45) is -2.04. The number of carbonyl (C=O) groups is 1. The summed E-state index contributed by atoms with van der Waals surface area (Å²) in [5, 5.41) is 0. The number of rotatable bonds is 7. The fourth-order valence-corrected chi connectivity index (χ4v) is 1.59. The van der Waals surface area contributed by atoms with E-state index in [0.717, 1.165) is 12.8 Å². The van der Waals surface area contributed by atoms with Gasteiger partial charge in [0.1, 0.15) is 12.4 Å². The predicted molar refractivity (Wildman–Crippen MR) is 65.9 cm³/mol. The lowest BCUT2D eigenvalue weighted by Gasteiger charge is -2.08. The second-order valence-corrected chi connectivity index (χ2v) is 4.68. The van der Waals surface area contributed by atoms with Gasteiger partial charge in [-0.15, -0.1) is 0 Å². The molecule has 1 saturated carbocycles. The van der Waals surface area contributed by atoms with Crippen LogP contribution < -0.4 is 4.74 Å². The number of ketones is 1. The van der Waals surface area contributed by atoms with Gasteiger partial charge in [0.25, 0.3) is 0 Å². The number of carbonyl (C=O) groups excluding carboxylic acids is 1. The Morgan fingerprint density at radius 3 is 2.40 bits per heavy atom. The SMILES string of the molecule is O=C(CCOCC(F)(F)F)c1ccc(OC2CC2)cc1. The van der Waals surface area contributed by atoms with Crippen molar-refractivity contribution in [3.05, 3.63) is 29.8 Å². The second-order valence-electron chi connectivity index (χ2n) is 4.68. The molecule has 0 aliphatic heterocycles. The van der Waals surface area contributed by atoms with Crippen LogP contribution in [-0.2, 0) is 4.74 Å². The summed E-state index contributed by atoms with van der Waals surface area (Å²) in [6.45, 7) is -1.56. The first-order valence-corrected chi connectivity index (χ1v) is 6.38. The van der Waals surface area contributed by atoms with Gasteiger partial charge in [-0.25, -0.2) is 0 Å². The highest BCUT2D eigenvalue weighted by Gasteiger charge is 2.27. The van der Waals surface area contributed by atoms with E-state index >= 15 is 0 Å². The molecule has 0 spiro atoms. The highest BCUT2D eigenvalue weighted by atomic mass is 19.4. The van der Waals surface area contributed by atoms with Crippen molar-refractivity contribution < 1.29 is 27.4 Å². The largest absolute Gasteiger partial charge is 0.490 e. The van der Waals surface area contributed by atoms with Crippen LogP contribution >= 0.6 is 0 Å². The zero-order chi connectivity index (χ0) is 14.6. The first-order chi connectivity index (χ1) is 9.44. The van der Waals surface area contributed by atoms with Crippen LogP contribution in [0.25, 0.3) is 0 Å². The summed E-state index contributed by atoms with van der Waals surface area (Å²) < 4.78 is 45.4. The lowest BCUT2D eigenvalue weighted by Crippen LogP contribution is -2.18. The summed E-state index contributed by atoms with van der Waals surface area (Å²) in [4.78, 5) is 11.7. The quantitative estimate of drug-likeness (QED) is 0.570. The molecule has 1 aliphatic rings. The van der Waals surface area contributed by atoms with E-state index in [0.29, 0.717) is 11.3 Å². The molecule has 0 amide bonds. The van der Waals surface area contributed by atoms with Crippen molar-refractivity contribution in [2.75, 3.05) is 13.2 Å². The number of alkyl halides is 3. The smallest absolute Gasteiger partial charge is 0.411 e. The molecule has 1 aromatic rings. The van der Waals surface area contributed by atoms with Gasteiger partial charge in [0.2, 0.25) is 0 Å². The van der Waals surface area contributed by atoms with Crippen molar-refractivity contribution in [3.63, 3.8) is 0 Å². The van der Waals surface area contributed by atoms with E-state index in [-0.39, 0.29) is 24.9 Å². The fraction of sp³-hybridized carbons (Fsp3) is 0.500. The van der Waals surface area contributed by atoms with Crippen LogP contribution in [0.5, 0.6) is 5.75 Å². The minimum absolute atomic E-state index is 0.0705. The van der Waals surface area contributed by atoms with E-state index in [1.807, 2.05) is 0 Å². The molecule has 1 aliphatic carbocycles. The zero-order valence-electron chi connectivity index (χ0n) is 10.8. The van der Waals surface area contributed by atoms with E-state index in [1.165, 1.54) is 0 Å². The summed E-state index contributed by atoms with van der Waals surface area (Å²) in [5.41, 5.74) is 0.448. The van der Waals surface area contributed by atoms with Gasteiger partial charge < -0.3 is 9.47 Å². The molecule has 0 unspecified atom stereocenters. The van der Waals surface area contributed by atoms with Crippen molar-refractivity contribution in [2.45, 2.75) is 31.5 Å². The lowest BCUT2D eigenvalue weighted by atomic mass is 10.1. The molecule has 6 heteroatoms. The molecule has 0 heterocycles. The predicted octanol–water partition coefficient (Wildman–Crippen LogP) is 3.38. The molecule has 0 N–H and O–H groups in total. The van der Waals surface area contributed by atoms with Crippen LogP contribution in [0.2, 0.25) is 0 Å². The minimum Gasteiger partial charge on any atom is -0.490 e. The Morgan fingerprint density at radius 1 is 1.20 bits per heavy atom. The average molecular weight is 288 g/mol. The van der Waals surface area contributed by atoms with Gasteiger partial charge in [0.15, 0.2) is 5.78 Å². The third-order valence-corrected chi connectivity index (χ3v) is 2.74. The minimum atomic E-state index is -4.36. The van der Waals surface area contributed by atoms with Crippen LogP contribution in [0, 0.1) is 0 Å². The Hall–Kier alpha value is -1.56. The Balaban J connectivity index is 1.74. The molecular formula is C14H15F3O3. The van der Waals surface area contributed by atoms with Gasteiger partial charge in [-0.2, -0.15) is 13.2 Å². The molecule has 0 atom stereocenters. The summed E-state index contributed by atoms with van der Waals surface area (Å²) in [5.74, 6) is 0.461. The number of ether oxygens (including phenoxy) is 2. The number of Topliss-reactive ketones (excluding diaryl/α,β-unsaturated/α-hetero) is 1. The molecule has 0 bridgehead atoms. The monoisotopic (exact) mass is 288 g/mol. The van der Waals surface area contributed by atoms with Gasteiger partial charge in [0.05, 0.1) is 12.7 Å². The number of hydrogen-bond acceptors (Lipinski definition) is 3. The van der Waals surface area contributed by atoms with Crippen LogP contribution in [0.1, 0.15) is 29.6 Å². The maximum Gasteiger partial charge on any atom is 0.411 e. The zero-order valence-corrected chi connectivity index (χ0v) is 10.8. The van der Waals surface area contributed by atoms with Gasteiger partial charge in [-0.3, -0.25) is 4.79 Å². The molecule has 20 heavy (non-hydrogen) atoms. The Labute approximate surface area is 114 Å². The molecule has 1 aromatic carbocycles. The maximum atomic E-state index is 11.8. The first-order valence-electron chi connectivity index (χ1n) is 6.38. The maximum absolute atomic E-state index is 11.8. The summed E-state index contributed by atoms with van der Waals surface area (Å²) in [7, 11) is 0. The second kappa shape index (κ2) is 6.26. The third-order valence-electron chi connectivity index (χ3n) is 2.74. The summed E-state index contributed by atoms with van der Waals surface area (Å²) in [6, 6.07) is 6.62. The van der Waals surface area contributed by atoms with Crippen molar-refractivity contribution in [2.24, 2.45) is 0 Å². The van der Waals surface area contributed by atoms with Gasteiger partial charge in [0, 0.05) is 12.0 Å². The van der Waals surface area contributed by atoms with Gasteiger partial charge >= 0.3 is 6.18 Å². The lowest BCUT2D eigenvalue weighted by molar-refractivity contribution is -0.173. The van der Waals surface area contributed by atoms with Crippen LogP contribution in [0.15, 0.2) is 24.3 Å². The Morgan fingerprint density at radius 2 is 1.85 bits per heavy atom. The van der Waals surface area contributed by atoms with Crippen LogP contribution in [0.3, 0.4) is 0 Å². The van der Waals surface area contributed by atoms with E-state index in [9.17, 15) is 18.0 Å². The molecule has 2 rings (SSSR count). The normalized spacial score (nSPS) is 15.2. The number of benzene rings is 1. The van der Waals surface area contributed by atoms with E-state index in [1.54, 1.807) is 24.3 Å². The average Bonchev–Trinajstić information content (AvgIpc) is 3.18. The first kappa shape index (κ1) is 14.8. The molecule has 3 nitrogen and oxygen atoms in total. The molecule has 0 aromatic heterocycles. The van der Waals surface area contributed by atoms with Crippen molar-refractivity contribution in [3.8, 4) is 5.75 Å². The van der Waals surface area contributed by atoms with Crippen LogP contribution in [-0.4, -0.2) is 31.3 Å². The summed E-state index contributed by atoms with van der Waals surface area (Å²) >= 11 is 0. The van der Waals surface area contributed by atoms with Crippen molar-refractivity contribution in [1.29, 1.82) is 0 Å². The standard InChI is InChI=1S/C14H15F3O3/c15-14(16,17)9-19-8-7-13(18)10-1-3-11(4-2-10)20-12-5-6-12/h1-4,12H,5-9H2. The Kier molecular flexibility index (Phi) is 4.65. The van der Waals surface area contributed by atoms with Gasteiger partial charge in [-0.05, 0) is 37.1 Å². The molecule has 1 fully saturated rings. The molecule has 0 radical (unpaired) electrons. The number of halogens is 3. The highest BCUT2D eigenvalue weighted by molar-refractivity contribution is 5.96. The topological polar surface area (TPSA) is 35.5 Å². The van der Waals surface area contributed by atoms with E-state index < -0.39 is 12.8 Å². The van der Waals surface area contributed by atoms with E-state index in [4.69, 9.17) is 4.74 Å². The van der Waals surface area contributed by atoms with Crippen molar-refractivity contribution >= 4 is 5.78 Å². The van der Waals surface area contributed by atoms with Crippen molar-refractivity contribution in [1.82, 2.24) is 0 Å². The van der Waals surface area contributed by atoms with Crippen LogP contribution in [0.4, 0.5) is 13.2 Å². The Bertz CT molecular complexity index is 450. The third kappa shape index (κ3) is 5.21. The van der Waals surface area contributed by atoms with Gasteiger partial charge in [-0.1, -0.05) is 0 Å². The molecule has 110 valence electrons. The molecular weight excluding hydrogens is 273 g/mol.